The zero-order chi connectivity index (χ0) is 12.8. The summed E-state index contributed by atoms with van der Waals surface area (Å²) in [6, 6.07) is 19.1. The maximum absolute atomic E-state index is 12.0. The second-order valence-corrected chi connectivity index (χ2v) is 4.02. The van der Waals surface area contributed by atoms with E-state index in [1.54, 1.807) is 19.1 Å². The number of nitrogens with zero attached hydrogens (tertiary/aromatic N) is 1. The van der Waals surface area contributed by atoms with Gasteiger partial charge < -0.3 is 5.21 Å². The summed E-state index contributed by atoms with van der Waals surface area (Å²) < 4.78 is 0.930. The summed E-state index contributed by atoms with van der Waals surface area (Å²) in [6.45, 7) is 1.80. The van der Waals surface area contributed by atoms with Crippen LogP contribution in [-0.2, 0) is 0 Å². The van der Waals surface area contributed by atoms with Crippen LogP contribution in [0, 0.1) is 5.21 Å². The van der Waals surface area contributed by atoms with Crippen LogP contribution in [0.1, 0.15) is 12.5 Å². The highest BCUT2D eigenvalue weighted by Crippen LogP contribution is 2.10. The molecule has 2 aromatic carbocycles. The van der Waals surface area contributed by atoms with Gasteiger partial charge in [0, 0.05) is 25.1 Å². The van der Waals surface area contributed by atoms with E-state index in [4.69, 9.17) is 0 Å². The van der Waals surface area contributed by atoms with Crippen molar-refractivity contribution in [2.24, 2.45) is 0 Å². The molecular weight excluding hydrogens is 222 g/mol. The van der Waals surface area contributed by atoms with E-state index in [1.165, 1.54) is 0 Å². The third-order valence-electron chi connectivity index (χ3n) is 2.63. The van der Waals surface area contributed by atoms with E-state index < -0.39 is 0 Å². The summed E-state index contributed by atoms with van der Waals surface area (Å²) in [4.78, 5) is 0. The molecule has 2 nitrogen and oxygen atoms in total. The summed E-state index contributed by atoms with van der Waals surface area (Å²) in [7, 11) is 0. The number of hydrogen-bond donors (Lipinski definition) is 0. The number of para-hydroxylation sites is 1. The van der Waals surface area contributed by atoms with Crippen LogP contribution in [0.4, 0.5) is 5.69 Å². The molecule has 2 rings (SSSR count). The van der Waals surface area contributed by atoms with Crippen LogP contribution >= 0.6 is 0 Å². The molecule has 0 unspecified atom stereocenters. The molecule has 2 aromatic rings. The summed E-state index contributed by atoms with van der Waals surface area (Å²) in [5.74, 6) is 0. The van der Waals surface area contributed by atoms with E-state index in [0.717, 1.165) is 10.3 Å². The molecule has 90 valence electrons. The molecular formula is C16H15NO. The molecule has 0 saturated carbocycles. The maximum atomic E-state index is 12.0. The van der Waals surface area contributed by atoms with Gasteiger partial charge in [-0.1, -0.05) is 48.5 Å². The molecule has 2 heteroatoms. The Hall–Kier alpha value is -2.35. The first-order chi connectivity index (χ1) is 8.77. The van der Waals surface area contributed by atoms with Gasteiger partial charge in [0.25, 0.3) is 0 Å². The second kappa shape index (κ2) is 5.82. The quantitative estimate of drug-likeness (QED) is 0.343. The highest BCUT2D eigenvalue weighted by molar-refractivity contribution is 5.93. The minimum absolute atomic E-state index is 0.646. The smallest absolute Gasteiger partial charge is 0.216 e. The lowest BCUT2D eigenvalue weighted by molar-refractivity contribution is -0.360. The Bertz CT molecular complexity index is 556. The molecule has 0 aromatic heterocycles. The van der Waals surface area contributed by atoms with Gasteiger partial charge in [-0.3, -0.25) is 0 Å². The van der Waals surface area contributed by atoms with Crippen LogP contribution in [0.15, 0.2) is 66.7 Å². The van der Waals surface area contributed by atoms with Crippen molar-refractivity contribution < 1.29 is 4.74 Å². The second-order valence-electron chi connectivity index (χ2n) is 4.02. The summed E-state index contributed by atoms with van der Waals surface area (Å²) in [6.07, 6.45) is 3.76. The molecule has 0 bridgehead atoms. The Morgan fingerprint density at radius 2 is 1.50 bits per heavy atom. The zero-order valence-corrected chi connectivity index (χ0v) is 10.3. The first-order valence-corrected chi connectivity index (χ1v) is 5.86. The minimum Gasteiger partial charge on any atom is -0.618 e. The van der Waals surface area contributed by atoms with Crippen LogP contribution in [0.5, 0.6) is 0 Å². The summed E-state index contributed by atoms with van der Waals surface area (Å²) in [5, 5.41) is 12.0. The molecule has 0 heterocycles. The molecule has 0 saturated heterocycles. The lowest BCUT2D eigenvalue weighted by atomic mass is 10.2. The molecule has 0 aliphatic carbocycles. The molecule has 0 atom stereocenters. The van der Waals surface area contributed by atoms with E-state index in [-0.39, 0.29) is 0 Å². The molecule has 0 aliphatic rings. The van der Waals surface area contributed by atoms with Gasteiger partial charge >= 0.3 is 0 Å². The van der Waals surface area contributed by atoms with Crippen molar-refractivity contribution in [1.29, 1.82) is 0 Å². The van der Waals surface area contributed by atoms with Crippen molar-refractivity contribution in [2.45, 2.75) is 6.92 Å². The Labute approximate surface area is 107 Å². The van der Waals surface area contributed by atoms with E-state index in [9.17, 15) is 5.21 Å². The molecule has 0 amide bonds. The van der Waals surface area contributed by atoms with E-state index >= 15 is 0 Å². The number of allylic oxidation sites excluding steroid dienone is 1. The fourth-order valence-corrected chi connectivity index (χ4v) is 1.62. The van der Waals surface area contributed by atoms with Gasteiger partial charge in [-0.15, -0.1) is 0 Å². The predicted molar refractivity (Wildman–Crippen MR) is 75.9 cm³/mol. The van der Waals surface area contributed by atoms with Gasteiger partial charge in [-0.05, 0) is 11.6 Å². The molecule has 0 fully saturated rings. The average Bonchev–Trinajstić information content (AvgIpc) is 2.46. The number of benzene rings is 2. The zero-order valence-electron chi connectivity index (χ0n) is 10.3. The van der Waals surface area contributed by atoms with Gasteiger partial charge in [0.15, 0.2) is 5.71 Å². The molecule has 0 radical (unpaired) electrons. The first-order valence-electron chi connectivity index (χ1n) is 5.86. The maximum Gasteiger partial charge on any atom is 0.216 e. The van der Waals surface area contributed by atoms with Gasteiger partial charge in [-0.25, -0.2) is 0 Å². The Morgan fingerprint density at radius 1 is 0.944 bits per heavy atom. The van der Waals surface area contributed by atoms with Crippen LogP contribution in [0.25, 0.3) is 6.08 Å². The Balaban J connectivity index is 2.21. The Morgan fingerprint density at radius 3 is 2.11 bits per heavy atom. The fourth-order valence-electron chi connectivity index (χ4n) is 1.62. The van der Waals surface area contributed by atoms with Crippen molar-refractivity contribution in [3.63, 3.8) is 0 Å². The lowest BCUT2D eigenvalue weighted by Crippen LogP contribution is -2.04. The standard InChI is InChI=1S/C16H15NO/c1-14(12-13-15-8-4-2-5-9-15)17(18)16-10-6-3-7-11-16/h2-13H,1H3/b13-12+,17-14-. The van der Waals surface area contributed by atoms with Crippen LogP contribution in [-0.4, -0.2) is 10.5 Å². The van der Waals surface area contributed by atoms with Gasteiger partial charge in [0.05, 0.1) is 0 Å². The number of rotatable bonds is 3. The molecule has 0 N–H and O–H groups in total. The topological polar surface area (TPSA) is 26.1 Å². The number of hydrogen-bond acceptors (Lipinski definition) is 1. The largest absolute Gasteiger partial charge is 0.618 e. The SMILES string of the molecule is CC(/C=C/c1ccccc1)=[N+](/[O-])c1ccccc1. The summed E-state index contributed by atoms with van der Waals surface area (Å²) in [5.41, 5.74) is 2.39. The lowest BCUT2D eigenvalue weighted by Gasteiger charge is -2.04. The molecule has 0 spiro atoms. The summed E-state index contributed by atoms with van der Waals surface area (Å²) >= 11 is 0. The van der Waals surface area contributed by atoms with Crippen molar-refractivity contribution in [2.75, 3.05) is 0 Å². The van der Waals surface area contributed by atoms with Gasteiger partial charge in [0.1, 0.15) is 0 Å². The van der Waals surface area contributed by atoms with E-state index in [0.29, 0.717) is 11.4 Å². The van der Waals surface area contributed by atoms with Crippen LogP contribution in [0.2, 0.25) is 0 Å². The highest BCUT2D eigenvalue weighted by Gasteiger charge is 2.02. The normalized spacial score (nSPS) is 12.5. The van der Waals surface area contributed by atoms with Gasteiger partial charge in [-0.2, -0.15) is 4.74 Å². The highest BCUT2D eigenvalue weighted by atomic mass is 16.5. The average molecular weight is 237 g/mol. The molecule has 18 heavy (non-hydrogen) atoms. The third kappa shape index (κ3) is 3.08. The minimum atomic E-state index is 0.646. The van der Waals surface area contributed by atoms with Crippen molar-refractivity contribution in [1.82, 2.24) is 0 Å². The van der Waals surface area contributed by atoms with Crippen molar-refractivity contribution >= 4 is 17.5 Å². The molecule has 0 aliphatic heterocycles. The first kappa shape index (κ1) is 12.1. The van der Waals surface area contributed by atoms with Crippen molar-refractivity contribution in [3.05, 3.63) is 77.5 Å². The predicted octanol–water partition coefficient (Wildman–Crippen LogP) is 4.00. The third-order valence-corrected chi connectivity index (χ3v) is 2.63. The fraction of sp³-hybridized carbons (Fsp3) is 0.0625. The monoisotopic (exact) mass is 237 g/mol. The van der Waals surface area contributed by atoms with E-state index in [2.05, 4.69) is 0 Å². The van der Waals surface area contributed by atoms with Crippen LogP contribution < -0.4 is 0 Å². The van der Waals surface area contributed by atoms with E-state index in [1.807, 2.05) is 60.7 Å². The van der Waals surface area contributed by atoms with Gasteiger partial charge in [0.2, 0.25) is 5.69 Å². The Kier molecular flexibility index (Phi) is 3.92. The van der Waals surface area contributed by atoms with Crippen molar-refractivity contribution in [3.8, 4) is 0 Å². The van der Waals surface area contributed by atoms with Crippen LogP contribution in [0.3, 0.4) is 0 Å².